The Morgan fingerprint density at radius 1 is 1.17 bits per heavy atom. The van der Waals surface area contributed by atoms with Crippen LogP contribution in [0, 0.1) is 0 Å². The van der Waals surface area contributed by atoms with E-state index in [1.807, 2.05) is 11.0 Å². The molecule has 0 saturated carbocycles. The monoisotopic (exact) mass is 353 g/mol. The number of carbonyl (C=O) groups is 1. The fourth-order valence-corrected chi connectivity index (χ4v) is 3.37. The number of carbonyl (C=O) groups excluding carboxylic acids is 1. The second-order valence-corrected chi connectivity index (χ2v) is 6.34. The number of ether oxygens (including phenoxy) is 1. The van der Waals surface area contributed by atoms with Gasteiger partial charge in [-0.1, -0.05) is 30.3 Å². The minimum absolute atomic E-state index is 0. The summed E-state index contributed by atoms with van der Waals surface area (Å²) in [5.41, 5.74) is 1.33. The largest absolute Gasteiger partial charge is 0.378 e. The van der Waals surface area contributed by atoms with Gasteiger partial charge in [-0.2, -0.15) is 0 Å². The first-order valence-electron chi connectivity index (χ1n) is 8.67. The molecule has 1 N–H and O–H groups in total. The van der Waals surface area contributed by atoms with Gasteiger partial charge >= 0.3 is 0 Å². The maximum atomic E-state index is 12.3. The van der Waals surface area contributed by atoms with Crippen LogP contribution in [0.2, 0.25) is 0 Å². The zero-order valence-electron chi connectivity index (χ0n) is 14.2. The summed E-state index contributed by atoms with van der Waals surface area (Å²) in [6.07, 6.45) is 1.61. The number of hydrogen-bond donors (Lipinski definition) is 1. The van der Waals surface area contributed by atoms with Crippen LogP contribution >= 0.6 is 12.4 Å². The number of rotatable bonds is 5. The van der Waals surface area contributed by atoms with Crippen LogP contribution in [0.4, 0.5) is 0 Å². The quantitative estimate of drug-likeness (QED) is 0.863. The lowest BCUT2D eigenvalue weighted by Gasteiger charge is -2.36. The van der Waals surface area contributed by atoms with Crippen LogP contribution < -0.4 is 5.32 Å². The summed E-state index contributed by atoms with van der Waals surface area (Å²) in [4.78, 5) is 16.8. The number of nitrogens with one attached hydrogen (secondary N) is 1. The lowest BCUT2D eigenvalue weighted by molar-refractivity contribution is -0.132. The fourth-order valence-electron chi connectivity index (χ4n) is 3.37. The minimum Gasteiger partial charge on any atom is -0.378 e. The summed E-state index contributed by atoms with van der Waals surface area (Å²) in [7, 11) is 0. The summed E-state index contributed by atoms with van der Waals surface area (Å²) in [5.74, 6) is 0.288. The normalized spacial score (nSPS) is 22.0. The van der Waals surface area contributed by atoms with Crippen molar-refractivity contribution in [1.82, 2.24) is 15.1 Å². The summed E-state index contributed by atoms with van der Waals surface area (Å²) in [6, 6.07) is 10.9. The van der Waals surface area contributed by atoms with E-state index in [-0.39, 0.29) is 18.3 Å². The Kier molecular flexibility index (Phi) is 7.99. The van der Waals surface area contributed by atoms with Crippen molar-refractivity contribution in [2.75, 3.05) is 52.5 Å². The second-order valence-electron chi connectivity index (χ2n) is 6.34. The lowest BCUT2D eigenvalue weighted by atomic mass is 10.0. The van der Waals surface area contributed by atoms with Crippen molar-refractivity contribution in [2.45, 2.75) is 18.9 Å². The number of halogens is 1. The molecule has 1 amide bonds. The third-order valence-electron chi connectivity index (χ3n) is 4.75. The molecule has 134 valence electrons. The molecule has 5 nitrogen and oxygen atoms in total. The molecule has 2 heterocycles. The summed E-state index contributed by atoms with van der Waals surface area (Å²) in [5, 5.41) is 3.29. The van der Waals surface area contributed by atoms with Gasteiger partial charge < -0.3 is 15.0 Å². The Morgan fingerprint density at radius 3 is 2.67 bits per heavy atom. The number of piperazine rings is 1. The standard InChI is InChI=1S/C18H27N3O2.ClH/c22-18(21-10-7-19-8-11-21)6-9-20-12-13-23-15-17(20)14-16-4-2-1-3-5-16;/h1-5,17,19H,6-15H2;1H. The molecule has 1 atom stereocenters. The van der Waals surface area contributed by atoms with Gasteiger partial charge in [-0.3, -0.25) is 9.69 Å². The molecular weight excluding hydrogens is 326 g/mol. The third kappa shape index (κ3) is 5.45. The topological polar surface area (TPSA) is 44.8 Å². The van der Waals surface area contributed by atoms with Crippen LogP contribution in [-0.4, -0.2) is 74.2 Å². The van der Waals surface area contributed by atoms with E-state index in [0.29, 0.717) is 12.5 Å². The highest BCUT2D eigenvalue weighted by Gasteiger charge is 2.24. The first kappa shape index (κ1) is 19.2. The SMILES string of the molecule is Cl.O=C(CCN1CCOCC1Cc1ccccc1)N1CCNCC1. The van der Waals surface area contributed by atoms with E-state index in [1.165, 1.54) is 5.56 Å². The fraction of sp³-hybridized carbons (Fsp3) is 0.611. The predicted octanol–water partition coefficient (Wildman–Crippen LogP) is 1.17. The molecule has 1 aromatic carbocycles. The molecule has 0 spiro atoms. The highest BCUT2D eigenvalue weighted by molar-refractivity contribution is 5.85. The molecule has 24 heavy (non-hydrogen) atoms. The molecule has 3 rings (SSSR count). The molecule has 2 saturated heterocycles. The van der Waals surface area contributed by atoms with Gasteiger partial charge in [-0.15, -0.1) is 12.4 Å². The Bertz CT molecular complexity index is 494. The van der Waals surface area contributed by atoms with E-state index < -0.39 is 0 Å². The van der Waals surface area contributed by atoms with Gasteiger partial charge in [-0.25, -0.2) is 0 Å². The minimum atomic E-state index is 0. The zero-order chi connectivity index (χ0) is 15.9. The van der Waals surface area contributed by atoms with Crippen molar-refractivity contribution in [3.05, 3.63) is 35.9 Å². The molecule has 2 aliphatic heterocycles. The van der Waals surface area contributed by atoms with Crippen molar-refractivity contribution in [3.8, 4) is 0 Å². The molecular formula is C18H28ClN3O2. The van der Waals surface area contributed by atoms with E-state index in [2.05, 4.69) is 34.5 Å². The second kappa shape index (κ2) is 9.99. The predicted molar refractivity (Wildman–Crippen MR) is 97.6 cm³/mol. The summed E-state index contributed by atoms with van der Waals surface area (Å²) in [6.45, 7) is 6.81. The average Bonchev–Trinajstić information content (AvgIpc) is 2.62. The maximum Gasteiger partial charge on any atom is 0.223 e. The van der Waals surface area contributed by atoms with Gasteiger partial charge in [-0.05, 0) is 12.0 Å². The van der Waals surface area contributed by atoms with Crippen molar-refractivity contribution in [1.29, 1.82) is 0 Å². The van der Waals surface area contributed by atoms with Gasteiger partial charge in [0.15, 0.2) is 0 Å². The molecule has 0 aromatic heterocycles. The molecule has 0 aliphatic carbocycles. The van der Waals surface area contributed by atoms with Crippen molar-refractivity contribution in [3.63, 3.8) is 0 Å². The van der Waals surface area contributed by atoms with Gasteiger partial charge in [0.1, 0.15) is 0 Å². The first-order valence-corrected chi connectivity index (χ1v) is 8.67. The van der Waals surface area contributed by atoms with E-state index in [9.17, 15) is 4.79 Å². The third-order valence-corrected chi connectivity index (χ3v) is 4.75. The van der Waals surface area contributed by atoms with Crippen LogP contribution in [0.1, 0.15) is 12.0 Å². The Balaban J connectivity index is 0.00000208. The summed E-state index contributed by atoms with van der Waals surface area (Å²) >= 11 is 0. The zero-order valence-corrected chi connectivity index (χ0v) is 15.0. The van der Waals surface area contributed by atoms with Gasteiger partial charge in [0.25, 0.3) is 0 Å². The van der Waals surface area contributed by atoms with Crippen LogP contribution in [-0.2, 0) is 16.0 Å². The molecule has 6 heteroatoms. The average molecular weight is 354 g/mol. The maximum absolute atomic E-state index is 12.3. The van der Waals surface area contributed by atoms with Gasteiger partial charge in [0, 0.05) is 51.7 Å². The van der Waals surface area contributed by atoms with E-state index >= 15 is 0 Å². The van der Waals surface area contributed by atoms with Crippen LogP contribution in [0.5, 0.6) is 0 Å². The number of morpholine rings is 1. The first-order chi connectivity index (χ1) is 11.3. The molecule has 1 unspecified atom stereocenters. The van der Waals surface area contributed by atoms with E-state index in [0.717, 1.165) is 58.9 Å². The number of nitrogens with zero attached hydrogens (tertiary/aromatic N) is 2. The van der Waals surface area contributed by atoms with E-state index in [1.54, 1.807) is 0 Å². The van der Waals surface area contributed by atoms with Crippen molar-refractivity contribution >= 4 is 18.3 Å². The lowest BCUT2D eigenvalue weighted by Crippen LogP contribution is -2.50. The van der Waals surface area contributed by atoms with E-state index in [4.69, 9.17) is 4.74 Å². The van der Waals surface area contributed by atoms with Gasteiger partial charge in [0.2, 0.25) is 5.91 Å². The van der Waals surface area contributed by atoms with Gasteiger partial charge in [0.05, 0.1) is 13.2 Å². The Hall–Kier alpha value is -1.14. The summed E-state index contributed by atoms with van der Waals surface area (Å²) < 4.78 is 5.66. The van der Waals surface area contributed by atoms with Crippen molar-refractivity contribution in [2.24, 2.45) is 0 Å². The Morgan fingerprint density at radius 2 is 1.92 bits per heavy atom. The van der Waals surface area contributed by atoms with Crippen LogP contribution in [0.3, 0.4) is 0 Å². The van der Waals surface area contributed by atoms with Crippen LogP contribution in [0.15, 0.2) is 30.3 Å². The number of hydrogen-bond acceptors (Lipinski definition) is 4. The molecule has 0 radical (unpaired) electrons. The molecule has 0 bridgehead atoms. The number of benzene rings is 1. The van der Waals surface area contributed by atoms with Crippen molar-refractivity contribution < 1.29 is 9.53 Å². The number of amides is 1. The highest BCUT2D eigenvalue weighted by Crippen LogP contribution is 2.14. The molecule has 1 aromatic rings. The Labute approximate surface area is 150 Å². The molecule has 2 fully saturated rings. The highest BCUT2D eigenvalue weighted by atomic mass is 35.5. The smallest absolute Gasteiger partial charge is 0.223 e. The van der Waals surface area contributed by atoms with Crippen LogP contribution in [0.25, 0.3) is 0 Å². The molecule has 2 aliphatic rings.